The van der Waals surface area contributed by atoms with Gasteiger partial charge in [0.15, 0.2) is 0 Å². The maximum atomic E-state index is 12.8. The summed E-state index contributed by atoms with van der Waals surface area (Å²) in [6.07, 6.45) is 1.03. The molecule has 8 nitrogen and oxygen atoms in total. The van der Waals surface area contributed by atoms with Crippen LogP contribution in [0, 0.1) is 11.3 Å². The summed E-state index contributed by atoms with van der Waals surface area (Å²) in [6, 6.07) is 6.13. The van der Waals surface area contributed by atoms with Gasteiger partial charge in [-0.2, -0.15) is 5.26 Å². The minimum Gasteiger partial charge on any atom is -0.352 e. The summed E-state index contributed by atoms with van der Waals surface area (Å²) in [5, 5.41) is 11.3. The molecule has 146 valence electrons. The fourth-order valence-corrected chi connectivity index (χ4v) is 3.62. The topological polar surface area (TPSA) is 111 Å². The number of carbonyl (C=O) groups excluding carboxylic acids is 4. The van der Waals surface area contributed by atoms with Crippen LogP contribution >= 0.6 is 0 Å². The van der Waals surface area contributed by atoms with E-state index in [1.54, 1.807) is 30.9 Å². The highest BCUT2D eigenvalue weighted by molar-refractivity contribution is 6.22. The van der Waals surface area contributed by atoms with Gasteiger partial charge < -0.3 is 10.2 Å². The molecular formula is C20H22N4O4. The van der Waals surface area contributed by atoms with Gasteiger partial charge in [0.1, 0.15) is 6.42 Å². The first kappa shape index (κ1) is 19.5. The Balaban J connectivity index is 1.68. The highest BCUT2D eigenvalue weighted by atomic mass is 16.2. The lowest BCUT2D eigenvalue weighted by molar-refractivity contribution is -0.121. The third-order valence-corrected chi connectivity index (χ3v) is 5.07. The summed E-state index contributed by atoms with van der Waals surface area (Å²) in [5.74, 6) is -1.21. The predicted molar refractivity (Wildman–Crippen MR) is 99.4 cm³/mol. The van der Waals surface area contributed by atoms with Crippen molar-refractivity contribution in [1.82, 2.24) is 15.1 Å². The van der Waals surface area contributed by atoms with Crippen LogP contribution in [0.15, 0.2) is 18.2 Å². The molecule has 0 unspecified atom stereocenters. The molecule has 2 aliphatic heterocycles. The van der Waals surface area contributed by atoms with Crippen LogP contribution in [0.4, 0.5) is 0 Å². The summed E-state index contributed by atoms with van der Waals surface area (Å²) < 4.78 is 0. The van der Waals surface area contributed by atoms with Crippen LogP contribution in [0.3, 0.4) is 0 Å². The molecule has 0 aromatic heterocycles. The third-order valence-electron chi connectivity index (χ3n) is 5.07. The molecule has 2 heterocycles. The van der Waals surface area contributed by atoms with Gasteiger partial charge in [0.05, 0.1) is 17.2 Å². The number of hydrogen-bond acceptors (Lipinski definition) is 5. The van der Waals surface area contributed by atoms with E-state index in [2.05, 4.69) is 5.32 Å². The minimum atomic E-state index is -0.372. The molecule has 0 radical (unpaired) electrons. The number of benzene rings is 1. The van der Waals surface area contributed by atoms with Gasteiger partial charge >= 0.3 is 0 Å². The van der Waals surface area contributed by atoms with Gasteiger partial charge in [-0.15, -0.1) is 0 Å². The van der Waals surface area contributed by atoms with Gasteiger partial charge in [0.2, 0.25) is 5.91 Å². The molecule has 0 bridgehead atoms. The van der Waals surface area contributed by atoms with E-state index in [9.17, 15) is 19.2 Å². The van der Waals surface area contributed by atoms with Crippen LogP contribution in [0.2, 0.25) is 0 Å². The van der Waals surface area contributed by atoms with E-state index < -0.39 is 0 Å². The van der Waals surface area contributed by atoms with E-state index in [0.717, 1.165) is 0 Å². The standard InChI is InChI=1S/C20H22N4O4/c1-12(2)24-19(27)15-4-3-13(11-16(15)20(24)28)18(26)23-9-6-14(7-10-23)22-17(25)5-8-21/h3-4,11-12,14H,5-7,9-10H2,1-2H3,(H,22,25). The normalized spacial score (nSPS) is 16.9. The Bertz CT molecular complexity index is 879. The number of imide groups is 1. The van der Waals surface area contributed by atoms with Gasteiger partial charge in [-0.1, -0.05) is 0 Å². The second-order valence-corrected chi connectivity index (χ2v) is 7.30. The van der Waals surface area contributed by atoms with Gasteiger partial charge in [-0.3, -0.25) is 24.1 Å². The number of nitrogens with one attached hydrogen (secondary N) is 1. The predicted octanol–water partition coefficient (Wildman–Crippen LogP) is 1.33. The largest absolute Gasteiger partial charge is 0.352 e. The Morgan fingerprint density at radius 1 is 1.18 bits per heavy atom. The molecular weight excluding hydrogens is 360 g/mol. The van der Waals surface area contributed by atoms with Crippen molar-refractivity contribution in [3.63, 3.8) is 0 Å². The fraction of sp³-hybridized carbons (Fsp3) is 0.450. The third kappa shape index (κ3) is 3.60. The molecule has 1 aromatic carbocycles. The first-order valence-corrected chi connectivity index (χ1v) is 9.31. The molecule has 0 aliphatic carbocycles. The van der Waals surface area contributed by atoms with Gasteiger partial charge in [-0.05, 0) is 44.9 Å². The molecule has 0 spiro atoms. The molecule has 0 atom stereocenters. The van der Waals surface area contributed by atoms with Crippen molar-refractivity contribution in [3.05, 3.63) is 34.9 Å². The van der Waals surface area contributed by atoms with Crippen molar-refractivity contribution in [2.75, 3.05) is 13.1 Å². The van der Waals surface area contributed by atoms with E-state index >= 15 is 0 Å². The Hall–Kier alpha value is -3.21. The number of nitriles is 1. The van der Waals surface area contributed by atoms with Crippen LogP contribution in [-0.4, -0.2) is 58.6 Å². The number of hydrogen-bond donors (Lipinski definition) is 1. The second kappa shape index (κ2) is 7.80. The van der Waals surface area contributed by atoms with Crippen molar-refractivity contribution in [2.45, 2.75) is 45.2 Å². The Morgan fingerprint density at radius 2 is 1.82 bits per heavy atom. The summed E-state index contributed by atoms with van der Waals surface area (Å²) in [4.78, 5) is 52.1. The SMILES string of the molecule is CC(C)N1C(=O)c2ccc(C(=O)N3CCC(NC(=O)CC#N)CC3)cc2C1=O. The number of fused-ring (bicyclic) bond motifs is 1. The van der Waals surface area contributed by atoms with Crippen LogP contribution in [0.5, 0.6) is 0 Å². The van der Waals surface area contributed by atoms with Crippen molar-refractivity contribution in [2.24, 2.45) is 0 Å². The van der Waals surface area contributed by atoms with Crippen molar-refractivity contribution >= 4 is 23.6 Å². The maximum absolute atomic E-state index is 12.8. The smallest absolute Gasteiger partial charge is 0.261 e. The highest BCUT2D eigenvalue weighted by Crippen LogP contribution is 2.26. The summed E-state index contributed by atoms with van der Waals surface area (Å²) >= 11 is 0. The molecule has 1 N–H and O–H groups in total. The van der Waals surface area contributed by atoms with Crippen molar-refractivity contribution in [3.8, 4) is 6.07 Å². The molecule has 1 aromatic rings. The lowest BCUT2D eigenvalue weighted by atomic mass is 10.0. The fourth-order valence-electron chi connectivity index (χ4n) is 3.62. The van der Waals surface area contributed by atoms with Gasteiger partial charge in [0, 0.05) is 30.7 Å². The Morgan fingerprint density at radius 3 is 2.43 bits per heavy atom. The Labute approximate surface area is 163 Å². The van der Waals surface area contributed by atoms with E-state index in [0.29, 0.717) is 37.1 Å². The Kier molecular flexibility index (Phi) is 5.45. The second-order valence-electron chi connectivity index (χ2n) is 7.30. The molecule has 8 heteroatoms. The zero-order valence-corrected chi connectivity index (χ0v) is 15.9. The summed E-state index contributed by atoms with van der Waals surface area (Å²) in [6.45, 7) is 4.48. The van der Waals surface area contributed by atoms with Crippen LogP contribution in [-0.2, 0) is 4.79 Å². The summed E-state index contributed by atoms with van der Waals surface area (Å²) in [5.41, 5.74) is 0.967. The monoisotopic (exact) mass is 382 g/mol. The van der Waals surface area contributed by atoms with Crippen molar-refractivity contribution in [1.29, 1.82) is 5.26 Å². The first-order valence-electron chi connectivity index (χ1n) is 9.31. The number of piperidine rings is 1. The van der Waals surface area contributed by atoms with E-state index in [1.165, 1.54) is 11.0 Å². The molecule has 4 amide bonds. The highest BCUT2D eigenvalue weighted by Gasteiger charge is 2.37. The first-order chi connectivity index (χ1) is 13.3. The van der Waals surface area contributed by atoms with Crippen molar-refractivity contribution < 1.29 is 19.2 Å². The molecule has 1 fully saturated rings. The zero-order valence-electron chi connectivity index (χ0n) is 15.9. The zero-order chi connectivity index (χ0) is 20.4. The van der Waals surface area contributed by atoms with E-state index in [-0.39, 0.29) is 47.7 Å². The number of nitrogens with zero attached hydrogens (tertiary/aromatic N) is 3. The average Bonchev–Trinajstić information content (AvgIpc) is 2.92. The quantitative estimate of drug-likeness (QED) is 0.790. The number of amides is 4. The minimum absolute atomic E-state index is 0.0521. The van der Waals surface area contributed by atoms with Crippen LogP contribution in [0.1, 0.15) is 64.2 Å². The van der Waals surface area contributed by atoms with Crippen LogP contribution < -0.4 is 5.32 Å². The molecule has 2 aliphatic rings. The van der Waals surface area contributed by atoms with Crippen LogP contribution in [0.25, 0.3) is 0 Å². The molecule has 0 saturated carbocycles. The van der Waals surface area contributed by atoms with Gasteiger partial charge in [-0.25, -0.2) is 0 Å². The lowest BCUT2D eigenvalue weighted by Gasteiger charge is -2.32. The van der Waals surface area contributed by atoms with E-state index in [1.807, 2.05) is 6.07 Å². The maximum Gasteiger partial charge on any atom is 0.261 e. The lowest BCUT2D eigenvalue weighted by Crippen LogP contribution is -2.46. The number of likely N-dealkylation sites (tertiary alicyclic amines) is 1. The molecule has 3 rings (SSSR count). The van der Waals surface area contributed by atoms with E-state index in [4.69, 9.17) is 5.26 Å². The summed E-state index contributed by atoms with van der Waals surface area (Å²) in [7, 11) is 0. The number of carbonyl (C=O) groups is 4. The average molecular weight is 382 g/mol. The number of rotatable bonds is 4. The molecule has 28 heavy (non-hydrogen) atoms. The van der Waals surface area contributed by atoms with Gasteiger partial charge in [0.25, 0.3) is 17.7 Å². The molecule has 1 saturated heterocycles.